The van der Waals surface area contributed by atoms with E-state index in [1.807, 2.05) is 36.4 Å². The van der Waals surface area contributed by atoms with Gasteiger partial charge in [0.2, 0.25) is 5.89 Å². The predicted octanol–water partition coefficient (Wildman–Crippen LogP) is 8.12. The lowest BCUT2D eigenvalue weighted by atomic mass is 10.0. The number of amides is 1. The van der Waals surface area contributed by atoms with Gasteiger partial charge in [0, 0.05) is 20.7 Å². The highest BCUT2D eigenvalue weighted by atomic mass is 79.9. The summed E-state index contributed by atoms with van der Waals surface area (Å²) >= 11 is 15.6. The van der Waals surface area contributed by atoms with Gasteiger partial charge >= 0.3 is 0 Å². The number of rotatable bonds is 5. The molecular weight excluding hydrogens is 539 g/mol. The molecule has 0 fully saturated rings. The molecule has 0 aliphatic rings. The number of fused-ring (bicyclic) bond motifs is 2. The minimum Gasteiger partial charge on any atom is -0.479 e. The number of oxazole rings is 1. The Morgan fingerprint density at radius 3 is 2.65 bits per heavy atom. The Kier molecular flexibility index (Phi) is 6.21. The Morgan fingerprint density at radius 2 is 1.82 bits per heavy atom. The highest BCUT2D eigenvalue weighted by Crippen LogP contribution is 2.34. The third kappa shape index (κ3) is 4.49. The summed E-state index contributed by atoms with van der Waals surface area (Å²) in [4.78, 5) is 17.4. The van der Waals surface area contributed by atoms with Crippen LogP contribution in [0.3, 0.4) is 0 Å². The molecule has 1 amide bonds. The van der Waals surface area contributed by atoms with Gasteiger partial charge in [0.05, 0.1) is 5.02 Å². The number of carbonyl (C=O) groups is 1. The van der Waals surface area contributed by atoms with Gasteiger partial charge in [0.15, 0.2) is 11.7 Å². The summed E-state index contributed by atoms with van der Waals surface area (Å²) in [6.45, 7) is 1.64. The number of nitrogens with zero attached hydrogens (tertiary/aromatic N) is 1. The zero-order chi connectivity index (χ0) is 23.8. The van der Waals surface area contributed by atoms with E-state index in [2.05, 4.69) is 26.2 Å². The monoisotopic (exact) mass is 554 g/mol. The van der Waals surface area contributed by atoms with E-state index in [-0.39, 0.29) is 5.91 Å². The first-order chi connectivity index (χ1) is 16.4. The third-order valence-electron chi connectivity index (χ3n) is 5.32. The van der Waals surface area contributed by atoms with E-state index in [0.717, 1.165) is 20.8 Å². The van der Waals surface area contributed by atoms with Gasteiger partial charge in [-0.3, -0.25) is 4.79 Å². The van der Waals surface area contributed by atoms with Crippen molar-refractivity contribution in [3.05, 3.63) is 87.3 Å². The fourth-order valence-corrected chi connectivity index (χ4v) is 4.59. The smallest absolute Gasteiger partial charge is 0.265 e. The molecule has 0 radical (unpaired) electrons. The molecule has 5 nitrogen and oxygen atoms in total. The third-order valence-corrected chi connectivity index (χ3v) is 6.54. The van der Waals surface area contributed by atoms with Crippen molar-refractivity contribution < 1.29 is 13.9 Å². The molecule has 1 heterocycles. The lowest BCUT2D eigenvalue weighted by molar-refractivity contribution is -0.122. The van der Waals surface area contributed by atoms with Crippen LogP contribution in [-0.2, 0) is 4.79 Å². The number of ether oxygens (including phenoxy) is 1. The average Bonchev–Trinajstić information content (AvgIpc) is 3.24. The van der Waals surface area contributed by atoms with Crippen LogP contribution in [0.4, 0.5) is 5.69 Å². The van der Waals surface area contributed by atoms with Crippen LogP contribution in [-0.4, -0.2) is 17.0 Å². The molecule has 0 spiro atoms. The number of halogens is 3. The molecule has 4 aromatic carbocycles. The zero-order valence-electron chi connectivity index (χ0n) is 17.8. The van der Waals surface area contributed by atoms with Crippen LogP contribution in [0.25, 0.3) is 33.3 Å². The Balaban J connectivity index is 1.38. The summed E-state index contributed by atoms with van der Waals surface area (Å²) < 4.78 is 12.7. The van der Waals surface area contributed by atoms with Gasteiger partial charge in [0.25, 0.3) is 5.91 Å². The van der Waals surface area contributed by atoms with Gasteiger partial charge in [-0.15, -0.1) is 0 Å². The van der Waals surface area contributed by atoms with Crippen molar-refractivity contribution in [2.75, 3.05) is 5.32 Å². The standard InChI is InChI=1S/C26H17BrCl2N2O3/c1-14(33-23-10-8-15(28)12-21(23)29)25(32)30-16-9-11-24-22(13-16)31-26(34-24)19-6-2-5-18-17(19)4-3-7-20(18)27/h2-14H,1H3,(H,30,32). The molecule has 0 bridgehead atoms. The van der Waals surface area contributed by atoms with Crippen molar-refractivity contribution in [2.24, 2.45) is 0 Å². The number of anilines is 1. The van der Waals surface area contributed by atoms with Gasteiger partial charge in [0.1, 0.15) is 11.3 Å². The van der Waals surface area contributed by atoms with E-state index in [4.69, 9.17) is 32.4 Å². The summed E-state index contributed by atoms with van der Waals surface area (Å²) in [5, 5.41) is 5.78. The lowest BCUT2D eigenvalue weighted by Crippen LogP contribution is -2.30. The highest BCUT2D eigenvalue weighted by molar-refractivity contribution is 9.10. The molecule has 0 aliphatic carbocycles. The van der Waals surface area contributed by atoms with Gasteiger partial charge in [-0.2, -0.15) is 0 Å². The maximum Gasteiger partial charge on any atom is 0.265 e. The molecule has 34 heavy (non-hydrogen) atoms. The van der Waals surface area contributed by atoms with Crippen LogP contribution >= 0.6 is 39.1 Å². The summed E-state index contributed by atoms with van der Waals surface area (Å²) in [7, 11) is 0. The minimum absolute atomic E-state index is 0.326. The average molecular weight is 556 g/mol. The molecule has 1 atom stereocenters. The van der Waals surface area contributed by atoms with E-state index >= 15 is 0 Å². The second-order valence-corrected chi connectivity index (χ2v) is 9.36. The molecule has 1 aromatic heterocycles. The van der Waals surface area contributed by atoms with E-state index in [1.54, 1.807) is 43.3 Å². The number of hydrogen-bond acceptors (Lipinski definition) is 4. The Bertz CT molecular complexity index is 1550. The Labute approximate surface area is 213 Å². The normalized spacial score (nSPS) is 12.1. The molecule has 170 valence electrons. The maximum atomic E-state index is 12.7. The van der Waals surface area contributed by atoms with Crippen molar-refractivity contribution in [2.45, 2.75) is 13.0 Å². The molecular formula is C26H17BrCl2N2O3. The quantitative estimate of drug-likeness (QED) is 0.238. The Morgan fingerprint density at radius 1 is 1.03 bits per heavy atom. The number of nitrogens with one attached hydrogen (secondary N) is 1. The summed E-state index contributed by atoms with van der Waals surface area (Å²) in [6, 6.07) is 22.1. The zero-order valence-corrected chi connectivity index (χ0v) is 20.9. The molecule has 0 aliphatic heterocycles. The number of aromatic nitrogens is 1. The molecule has 5 aromatic rings. The van der Waals surface area contributed by atoms with Gasteiger partial charge in [-0.05, 0) is 66.2 Å². The van der Waals surface area contributed by atoms with Crippen molar-refractivity contribution in [3.8, 4) is 17.2 Å². The lowest BCUT2D eigenvalue weighted by Gasteiger charge is -2.15. The molecule has 8 heteroatoms. The van der Waals surface area contributed by atoms with Crippen LogP contribution < -0.4 is 10.1 Å². The molecule has 5 rings (SSSR count). The molecule has 0 saturated heterocycles. The maximum absolute atomic E-state index is 12.7. The van der Waals surface area contributed by atoms with Crippen LogP contribution in [0.5, 0.6) is 5.75 Å². The van der Waals surface area contributed by atoms with Crippen molar-refractivity contribution in [3.63, 3.8) is 0 Å². The summed E-state index contributed by atoms with van der Waals surface area (Å²) in [6.07, 6.45) is -0.781. The minimum atomic E-state index is -0.781. The van der Waals surface area contributed by atoms with Gasteiger partial charge in [-0.25, -0.2) is 4.98 Å². The largest absolute Gasteiger partial charge is 0.479 e. The number of carbonyl (C=O) groups excluding carboxylic acids is 1. The van der Waals surface area contributed by atoms with Gasteiger partial charge in [-0.1, -0.05) is 63.4 Å². The second kappa shape index (κ2) is 9.29. The van der Waals surface area contributed by atoms with Crippen LogP contribution in [0.15, 0.2) is 81.7 Å². The van der Waals surface area contributed by atoms with E-state index < -0.39 is 6.10 Å². The van der Waals surface area contributed by atoms with Gasteiger partial charge < -0.3 is 14.5 Å². The first kappa shape index (κ1) is 22.7. The molecule has 1 unspecified atom stereocenters. The van der Waals surface area contributed by atoms with E-state index in [0.29, 0.717) is 38.5 Å². The van der Waals surface area contributed by atoms with Crippen LogP contribution in [0, 0.1) is 0 Å². The fraction of sp³-hybridized carbons (Fsp3) is 0.0769. The van der Waals surface area contributed by atoms with Crippen LogP contribution in [0.2, 0.25) is 10.0 Å². The van der Waals surface area contributed by atoms with Crippen molar-refractivity contribution >= 4 is 72.6 Å². The van der Waals surface area contributed by atoms with Crippen molar-refractivity contribution in [1.82, 2.24) is 4.98 Å². The summed E-state index contributed by atoms with van der Waals surface area (Å²) in [5.74, 6) is 0.566. The SMILES string of the molecule is CC(Oc1ccc(Cl)cc1Cl)C(=O)Nc1ccc2oc(-c3cccc4c(Br)cccc34)nc2c1. The predicted molar refractivity (Wildman–Crippen MR) is 140 cm³/mol. The number of hydrogen-bond donors (Lipinski definition) is 1. The first-order valence-electron chi connectivity index (χ1n) is 10.4. The second-order valence-electron chi connectivity index (χ2n) is 7.67. The fourth-order valence-electron chi connectivity index (χ4n) is 3.64. The topological polar surface area (TPSA) is 64.4 Å². The number of benzene rings is 4. The molecule has 1 N–H and O–H groups in total. The van der Waals surface area contributed by atoms with Crippen molar-refractivity contribution in [1.29, 1.82) is 0 Å². The molecule has 0 saturated carbocycles. The first-order valence-corrected chi connectivity index (χ1v) is 11.9. The van der Waals surface area contributed by atoms with E-state index in [1.165, 1.54) is 0 Å². The highest BCUT2D eigenvalue weighted by Gasteiger charge is 2.18. The summed E-state index contributed by atoms with van der Waals surface area (Å²) in [5.41, 5.74) is 2.73. The van der Waals surface area contributed by atoms with E-state index in [9.17, 15) is 4.79 Å². The van der Waals surface area contributed by atoms with Crippen LogP contribution in [0.1, 0.15) is 6.92 Å². The Hall–Kier alpha value is -3.06.